The summed E-state index contributed by atoms with van der Waals surface area (Å²) in [5, 5.41) is 0. The van der Waals surface area contributed by atoms with Crippen molar-refractivity contribution in [1.82, 2.24) is 0 Å². The highest BCUT2D eigenvalue weighted by atomic mass is 79.9. The molecule has 0 atom stereocenters. The van der Waals surface area contributed by atoms with Crippen molar-refractivity contribution in [2.45, 2.75) is 19.4 Å². The normalized spacial score (nSPS) is 10.7. The van der Waals surface area contributed by atoms with Crippen molar-refractivity contribution in [2.75, 3.05) is 7.11 Å². The summed E-state index contributed by atoms with van der Waals surface area (Å²) in [6.45, 7) is 3.69. The minimum Gasteiger partial charge on any atom is -0.496 e. The SMILES string of the molecule is COc1cccc(C(C)(C)N=C=O)c1Br. The second-order valence-electron chi connectivity index (χ2n) is 3.58. The fraction of sp³-hybridized carbons (Fsp3) is 0.364. The van der Waals surface area contributed by atoms with Crippen molar-refractivity contribution in [2.24, 2.45) is 4.99 Å². The molecule has 1 aromatic rings. The van der Waals surface area contributed by atoms with E-state index in [1.807, 2.05) is 32.0 Å². The van der Waals surface area contributed by atoms with Crippen molar-refractivity contribution in [3.8, 4) is 5.75 Å². The monoisotopic (exact) mass is 269 g/mol. The van der Waals surface area contributed by atoms with E-state index in [1.165, 1.54) is 0 Å². The maximum atomic E-state index is 10.3. The lowest BCUT2D eigenvalue weighted by atomic mass is 9.95. The van der Waals surface area contributed by atoms with E-state index < -0.39 is 5.54 Å². The minimum atomic E-state index is -0.602. The lowest BCUT2D eigenvalue weighted by molar-refractivity contribution is 0.409. The van der Waals surface area contributed by atoms with Crippen molar-refractivity contribution in [1.29, 1.82) is 0 Å². The Morgan fingerprint density at radius 1 is 1.47 bits per heavy atom. The van der Waals surface area contributed by atoms with Gasteiger partial charge in [-0.05, 0) is 41.4 Å². The average molecular weight is 270 g/mol. The van der Waals surface area contributed by atoms with Gasteiger partial charge >= 0.3 is 0 Å². The Hall–Kier alpha value is -1.12. The fourth-order valence-corrected chi connectivity index (χ4v) is 2.23. The summed E-state index contributed by atoms with van der Waals surface area (Å²) < 4.78 is 5.99. The van der Waals surface area contributed by atoms with Gasteiger partial charge in [0, 0.05) is 0 Å². The minimum absolute atomic E-state index is 0.602. The van der Waals surface area contributed by atoms with Crippen LogP contribution >= 0.6 is 15.9 Å². The Morgan fingerprint density at radius 3 is 2.67 bits per heavy atom. The van der Waals surface area contributed by atoms with Gasteiger partial charge in [-0.3, -0.25) is 0 Å². The maximum Gasteiger partial charge on any atom is 0.235 e. The first-order chi connectivity index (χ1) is 7.03. The van der Waals surface area contributed by atoms with Crippen LogP contribution in [-0.2, 0) is 10.3 Å². The van der Waals surface area contributed by atoms with Gasteiger partial charge in [-0.2, -0.15) is 4.99 Å². The molecule has 0 aliphatic heterocycles. The van der Waals surface area contributed by atoms with Crippen LogP contribution in [0.15, 0.2) is 27.7 Å². The van der Waals surface area contributed by atoms with Gasteiger partial charge in [0.15, 0.2) is 0 Å². The molecule has 0 saturated heterocycles. The second-order valence-corrected chi connectivity index (χ2v) is 4.38. The van der Waals surface area contributed by atoms with Crippen molar-refractivity contribution in [3.05, 3.63) is 28.2 Å². The Bertz CT molecular complexity index is 409. The number of nitrogens with zero attached hydrogens (tertiary/aromatic N) is 1. The van der Waals surface area contributed by atoms with Crippen LogP contribution in [0.25, 0.3) is 0 Å². The molecule has 0 spiro atoms. The van der Waals surface area contributed by atoms with Crippen LogP contribution in [0.2, 0.25) is 0 Å². The smallest absolute Gasteiger partial charge is 0.235 e. The number of methoxy groups -OCH3 is 1. The molecule has 3 nitrogen and oxygen atoms in total. The lowest BCUT2D eigenvalue weighted by Gasteiger charge is -2.20. The van der Waals surface area contributed by atoms with Gasteiger partial charge in [-0.25, -0.2) is 4.79 Å². The first kappa shape index (κ1) is 12.0. The van der Waals surface area contributed by atoms with E-state index in [0.717, 1.165) is 15.8 Å². The molecule has 4 heteroatoms. The van der Waals surface area contributed by atoms with Crippen LogP contribution in [0.5, 0.6) is 5.75 Å². The molecule has 1 aromatic carbocycles. The second kappa shape index (κ2) is 4.60. The van der Waals surface area contributed by atoms with E-state index >= 15 is 0 Å². The van der Waals surface area contributed by atoms with Crippen molar-refractivity contribution in [3.63, 3.8) is 0 Å². The first-order valence-electron chi connectivity index (χ1n) is 4.45. The molecule has 0 aliphatic rings. The molecule has 0 aromatic heterocycles. The van der Waals surface area contributed by atoms with E-state index in [9.17, 15) is 4.79 Å². The standard InChI is InChI=1S/C11H12BrNO2/c1-11(2,13-7-14)8-5-4-6-9(15-3)10(8)12/h4-6H,1-3H3. The topological polar surface area (TPSA) is 38.7 Å². The van der Waals surface area contributed by atoms with Gasteiger partial charge in [0.2, 0.25) is 6.08 Å². The number of benzene rings is 1. The Kier molecular flexibility index (Phi) is 3.66. The molecule has 1 rings (SSSR count). The quantitative estimate of drug-likeness (QED) is 0.625. The van der Waals surface area contributed by atoms with Crippen LogP contribution in [0.3, 0.4) is 0 Å². The molecule has 0 N–H and O–H groups in total. The largest absolute Gasteiger partial charge is 0.496 e. The lowest BCUT2D eigenvalue weighted by Crippen LogP contribution is -2.14. The molecule has 0 fully saturated rings. The highest BCUT2D eigenvalue weighted by Gasteiger charge is 2.23. The molecule has 0 unspecified atom stereocenters. The number of isocyanates is 1. The number of aliphatic imine (C=N–C) groups is 1. The van der Waals surface area contributed by atoms with Crippen molar-refractivity contribution < 1.29 is 9.53 Å². The third-order valence-electron chi connectivity index (χ3n) is 2.17. The molecule has 0 radical (unpaired) electrons. The molecule has 0 amide bonds. The first-order valence-corrected chi connectivity index (χ1v) is 5.24. The average Bonchev–Trinajstić information content (AvgIpc) is 2.17. The van der Waals surface area contributed by atoms with Gasteiger partial charge in [0.25, 0.3) is 0 Å². The molecular weight excluding hydrogens is 258 g/mol. The number of carbonyl (C=O) groups excluding carboxylic acids is 1. The van der Waals surface area contributed by atoms with Crippen LogP contribution in [0, 0.1) is 0 Å². The zero-order valence-electron chi connectivity index (χ0n) is 8.87. The van der Waals surface area contributed by atoms with Crippen LogP contribution in [0.4, 0.5) is 0 Å². The summed E-state index contributed by atoms with van der Waals surface area (Å²) >= 11 is 3.43. The third kappa shape index (κ3) is 2.46. The molecule has 0 saturated carbocycles. The van der Waals surface area contributed by atoms with Gasteiger partial charge in [0.05, 0.1) is 17.1 Å². The van der Waals surface area contributed by atoms with E-state index in [4.69, 9.17) is 4.74 Å². The Morgan fingerprint density at radius 2 is 2.13 bits per heavy atom. The number of ether oxygens (including phenoxy) is 1. The van der Waals surface area contributed by atoms with Gasteiger partial charge in [-0.15, -0.1) is 0 Å². The highest BCUT2D eigenvalue weighted by Crippen LogP contribution is 2.36. The molecule has 80 valence electrons. The Labute approximate surface area is 97.3 Å². The Balaban J connectivity index is 3.31. The van der Waals surface area contributed by atoms with Crippen LogP contribution in [0.1, 0.15) is 19.4 Å². The molecular formula is C11H12BrNO2. The van der Waals surface area contributed by atoms with Crippen LogP contribution < -0.4 is 4.74 Å². The summed E-state index contributed by atoms with van der Waals surface area (Å²) in [6, 6.07) is 5.60. The molecule has 0 heterocycles. The summed E-state index contributed by atoms with van der Waals surface area (Å²) in [7, 11) is 1.60. The summed E-state index contributed by atoms with van der Waals surface area (Å²) in [4.78, 5) is 14.1. The molecule has 0 bridgehead atoms. The number of rotatable bonds is 3. The zero-order valence-corrected chi connectivity index (χ0v) is 10.5. The van der Waals surface area contributed by atoms with Crippen molar-refractivity contribution >= 4 is 22.0 Å². The molecule has 0 aliphatic carbocycles. The predicted molar refractivity (Wildman–Crippen MR) is 61.8 cm³/mol. The number of hydrogen-bond acceptors (Lipinski definition) is 3. The van der Waals surface area contributed by atoms with E-state index in [1.54, 1.807) is 13.2 Å². The predicted octanol–water partition coefficient (Wildman–Crippen LogP) is 3.03. The summed E-state index contributed by atoms with van der Waals surface area (Å²) in [5.74, 6) is 0.724. The van der Waals surface area contributed by atoms with Gasteiger partial charge < -0.3 is 4.74 Å². The van der Waals surface area contributed by atoms with Gasteiger partial charge in [0.1, 0.15) is 5.75 Å². The summed E-state index contributed by atoms with van der Waals surface area (Å²) in [6.07, 6.45) is 1.58. The van der Waals surface area contributed by atoms with E-state index in [-0.39, 0.29) is 0 Å². The van der Waals surface area contributed by atoms with Crippen LogP contribution in [-0.4, -0.2) is 13.2 Å². The van der Waals surface area contributed by atoms with E-state index in [0.29, 0.717) is 0 Å². The van der Waals surface area contributed by atoms with E-state index in [2.05, 4.69) is 20.9 Å². The number of halogens is 1. The number of hydrogen-bond donors (Lipinski definition) is 0. The summed E-state index contributed by atoms with van der Waals surface area (Å²) in [5.41, 5.74) is 0.292. The fourth-order valence-electron chi connectivity index (χ4n) is 1.32. The van der Waals surface area contributed by atoms with Gasteiger partial charge in [-0.1, -0.05) is 12.1 Å². The third-order valence-corrected chi connectivity index (χ3v) is 2.99. The molecule has 15 heavy (non-hydrogen) atoms. The highest BCUT2D eigenvalue weighted by molar-refractivity contribution is 9.10. The zero-order chi connectivity index (χ0) is 11.5. The maximum absolute atomic E-state index is 10.3.